The van der Waals surface area contributed by atoms with E-state index in [1.54, 1.807) is 16.8 Å². The summed E-state index contributed by atoms with van der Waals surface area (Å²) in [4.78, 5) is 37.0. The van der Waals surface area contributed by atoms with Crippen LogP contribution in [-0.4, -0.2) is 72.0 Å². The first kappa shape index (κ1) is 14.4. The molecular weight excluding hydrogens is 238 g/mol. The normalized spacial score (nSPS) is 19.2. The predicted octanol–water partition coefficient (Wildman–Crippen LogP) is -1.26. The fraction of sp³-hybridized carbons (Fsp3) is 0.727. The van der Waals surface area contributed by atoms with Gasteiger partial charge in [0.05, 0.1) is 6.54 Å². The first-order valence-electron chi connectivity index (χ1n) is 5.86. The van der Waals surface area contributed by atoms with Gasteiger partial charge in [-0.15, -0.1) is 0 Å². The van der Waals surface area contributed by atoms with Crippen LogP contribution >= 0.6 is 0 Å². The van der Waals surface area contributed by atoms with Gasteiger partial charge < -0.3 is 15.3 Å². The second-order valence-electron chi connectivity index (χ2n) is 4.50. The standard InChI is InChI=1S/C11H19N3O4/c1-8(15)12-9(11(17)18)6-14-5-3-4-13(2)10(16)7-14/h9H,3-7H2,1-2H3,(H,12,15)(H,17,18). The molecule has 0 aliphatic carbocycles. The number of nitrogens with one attached hydrogen (secondary N) is 1. The lowest BCUT2D eigenvalue weighted by Gasteiger charge is -2.23. The van der Waals surface area contributed by atoms with Crippen LogP contribution in [0, 0.1) is 0 Å². The Kier molecular flexibility index (Phi) is 5.08. The Hall–Kier alpha value is -1.63. The Morgan fingerprint density at radius 2 is 2.11 bits per heavy atom. The van der Waals surface area contributed by atoms with Crippen LogP contribution in [0.3, 0.4) is 0 Å². The summed E-state index contributed by atoms with van der Waals surface area (Å²) in [7, 11) is 1.73. The highest BCUT2D eigenvalue weighted by Gasteiger charge is 2.25. The molecule has 1 heterocycles. The van der Waals surface area contributed by atoms with E-state index in [1.807, 2.05) is 0 Å². The highest BCUT2D eigenvalue weighted by atomic mass is 16.4. The number of likely N-dealkylation sites (N-methyl/N-ethyl adjacent to an activating group) is 1. The molecule has 0 radical (unpaired) electrons. The van der Waals surface area contributed by atoms with E-state index in [4.69, 9.17) is 5.11 Å². The predicted molar refractivity (Wildman–Crippen MR) is 63.9 cm³/mol. The molecule has 0 saturated carbocycles. The van der Waals surface area contributed by atoms with Gasteiger partial charge in [-0.25, -0.2) is 4.79 Å². The Balaban J connectivity index is 2.60. The molecule has 2 N–H and O–H groups in total. The van der Waals surface area contributed by atoms with Crippen molar-refractivity contribution in [3.8, 4) is 0 Å². The first-order valence-corrected chi connectivity index (χ1v) is 5.86. The van der Waals surface area contributed by atoms with Gasteiger partial charge in [0.2, 0.25) is 11.8 Å². The van der Waals surface area contributed by atoms with Gasteiger partial charge in [-0.3, -0.25) is 14.5 Å². The number of carbonyl (C=O) groups is 3. The van der Waals surface area contributed by atoms with Crippen LogP contribution in [0.25, 0.3) is 0 Å². The molecule has 0 aromatic carbocycles. The Morgan fingerprint density at radius 1 is 1.44 bits per heavy atom. The summed E-state index contributed by atoms with van der Waals surface area (Å²) in [5.41, 5.74) is 0. The van der Waals surface area contributed by atoms with Crippen molar-refractivity contribution in [1.82, 2.24) is 15.1 Å². The highest BCUT2D eigenvalue weighted by molar-refractivity contribution is 5.82. The molecule has 0 bridgehead atoms. The zero-order valence-corrected chi connectivity index (χ0v) is 10.7. The van der Waals surface area contributed by atoms with Gasteiger partial charge in [-0.1, -0.05) is 0 Å². The van der Waals surface area contributed by atoms with Crippen molar-refractivity contribution < 1.29 is 19.5 Å². The maximum atomic E-state index is 11.6. The Morgan fingerprint density at radius 3 is 2.67 bits per heavy atom. The molecule has 1 aliphatic rings. The van der Waals surface area contributed by atoms with E-state index in [0.29, 0.717) is 13.1 Å². The van der Waals surface area contributed by atoms with Crippen LogP contribution in [-0.2, 0) is 14.4 Å². The molecule has 2 amide bonds. The largest absolute Gasteiger partial charge is 0.480 e. The van der Waals surface area contributed by atoms with Crippen LogP contribution < -0.4 is 5.32 Å². The maximum Gasteiger partial charge on any atom is 0.327 e. The average molecular weight is 257 g/mol. The van der Waals surface area contributed by atoms with Crippen molar-refractivity contribution in [2.24, 2.45) is 0 Å². The van der Waals surface area contributed by atoms with Crippen LogP contribution in [0.1, 0.15) is 13.3 Å². The summed E-state index contributed by atoms with van der Waals surface area (Å²) in [5.74, 6) is -1.50. The van der Waals surface area contributed by atoms with E-state index >= 15 is 0 Å². The minimum absolute atomic E-state index is 0.0283. The second-order valence-corrected chi connectivity index (χ2v) is 4.50. The average Bonchev–Trinajstić information content (AvgIpc) is 2.40. The molecule has 102 valence electrons. The number of carboxylic acid groups (broad SMARTS) is 1. The van der Waals surface area contributed by atoms with Crippen molar-refractivity contribution in [3.05, 3.63) is 0 Å². The van der Waals surface area contributed by atoms with Crippen molar-refractivity contribution >= 4 is 17.8 Å². The molecule has 1 unspecified atom stereocenters. The fourth-order valence-electron chi connectivity index (χ4n) is 1.89. The van der Waals surface area contributed by atoms with Crippen molar-refractivity contribution in [2.45, 2.75) is 19.4 Å². The number of nitrogens with zero attached hydrogens (tertiary/aromatic N) is 2. The highest BCUT2D eigenvalue weighted by Crippen LogP contribution is 2.03. The number of carboxylic acids is 1. The number of hydrogen-bond donors (Lipinski definition) is 2. The van der Waals surface area contributed by atoms with Gasteiger partial charge in [-0.2, -0.15) is 0 Å². The molecule has 0 spiro atoms. The van der Waals surface area contributed by atoms with Gasteiger partial charge in [0.15, 0.2) is 0 Å². The molecule has 7 heteroatoms. The van der Waals surface area contributed by atoms with Crippen LogP contribution in [0.2, 0.25) is 0 Å². The molecule has 0 aromatic rings. The van der Waals surface area contributed by atoms with E-state index in [9.17, 15) is 14.4 Å². The summed E-state index contributed by atoms with van der Waals surface area (Å²) in [6.45, 7) is 2.94. The number of aliphatic carboxylic acids is 1. The van der Waals surface area contributed by atoms with Crippen LogP contribution in [0.4, 0.5) is 0 Å². The first-order chi connectivity index (χ1) is 8.40. The lowest BCUT2D eigenvalue weighted by Crippen LogP contribution is -2.49. The zero-order chi connectivity index (χ0) is 13.7. The van der Waals surface area contributed by atoms with Crippen molar-refractivity contribution in [3.63, 3.8) is 0 Å². The SMILES string of the molecule is CC(=O)NC(CN1CCCN(C)C(=O)C1)C(=O)O. The lowest BCUT2D eigenvalue weighted by atomic mass is 10.2. The molecule has 1 atom stereocenters. The summed E-state index contributed by atoms with van der Waals surface area (Å²) in [6.07, 6.45) is 0.800. The Bertz CT molecular complexity index is 345. The molecule has 1 aliphatic heterocycles. The Labute approximate surface area is 106 Å². The quantitative estimate of drug-likeness (QED) is 0.656. The lowest BCUT2D eigenvalue weighted by molar-refractivity contribution is -0.142. The minimum Gasteiger partial charge on any atom is -0.480 e. The van der Waals surface area contributed by atoms with E-state index in [0.717, 1.165) is 6.42 Å². The molecule has 1 saturated heterocycles. The molecule has 18 heavy (non-hydrogen) atoms. The van der Waals surface area contributed by atoms with Crippen molar-refractivity contribution in [1.29, 1.82) is 0 Å². The van der Waals surface area contributed by atoms with Gasteiger partial charge in [-0.05, 0) is 6.42 Å². The van der Waals surface area contributed by atoms with E-state index in [2.05, 4.69) is 5.32 Å². The van der Waals surface area contributed by atoms with Crippen LogP contribution in [0.5, 0.6) is 0 Å². The fourth-order valence-corrected chi connectivity index (χ4v) is 1.89. The topological polar surface area (TPSA) is 90.0 Å². The third-order valence-corrected chi connectivity index (χ3v) is 2.87. The summed E-state index contributed by atoms with van der Waals surface area (Å²) < 4.78 is 0. The summed E-state index contributed by atoms with van der Waals surface area (Å²) >= 11 is 0. The minimum atomic E-state index is -1.09. The van der Waals surface area contributed by atoms with Gasteiger partial charge in [0.25, 0.3) is 0 Å². The van der Waals surface area contributed by atoms with E-state index in [1.165, 1.54) is 6.92 Å². The number of hydrogen-bond acceptors (Lipinski definition) is 4. The van der Waals surface area contributed by atoms with E-state index < -0.39 is 12.0 Å². The third kappa shape index (κ3) is 4.33. The zero-order valence-electron chi connectivity index (χ0n) is 10.7. The smallest absolute Gasteiger partial charge is 0.327 e. The number of carbonyl (C=O) groups excluding carboxylic acids is 2. The molecule has 0 aromatic heterocycles. The molecule has 1 fully saturated rings. The molecule has 7 nitrogen and oxygen atoms in total. The monoisotopic (exact) mass is 257 g/mol. The molecule has 1 rings (SSSR count). The molecular formula is C11H19N3O4. The summed E-state index contributed by atoms with van der Waals surface area (Å²) in [6, 6.07) is -0.973. The van der Waals surface area contributed by atoms with Crippen LogP contribution in [0.15, 0.2) is 0 Å². The summed E-state index contributed by atoms with van der Waals surface area (Å²) in [5, 5.41) is 11.4. The number of rotatable bonds is 4. The van der Waals surface area contributed by atoms with E-state index in [-0.39, 0.29) is 24.9 Å². The third-order valence-electron chi connectivity index (χ3n) is 2.87. The van der Waals surface area contributed by atoms with Crippen molar-refractivity contribution in [2.75, 3.05) is 33.2 Å². The van der Waals surface area contributed by atoms with Gasteiger partial charge in [0, 0.05) is 33.6 Å². The van der Waals surface area contributed by atoms with Gasteiger partial charge >= 0.3 is 5.97 Å². The number of amides is 2. The maximum absolute atomic E-state index is 11.6. The second kappa shape index (κ2) is 6.34. The van der Waals surface area contributed by atoms with Gasteiger partial charge in [0.1, 0.15) is 6.04 Å².